The zero-order chi connectivity index (χ0) is 20.5. The Morgan fingerprint density at radius 1 is 1.14 bits per heavy atom. The molecule has 6 nitrogen and oxygen atoms in total. The van der Waals surface area contributed by atoms with Gasteiger partial charge in [-0.1, -0.05) is 37.2 Å². The van der Waals surface area contributed by atoms with E-state index in [2.05, 4.69) is 16.2 Å². The van der Waals surface area contributed by atoms with Crippen LogP contribution in [0.4, 0.5) is 0 Å². The van der Waals surface area contributed by atoms with Crippen LogP contribution in [0.15, 0.2) is 53.2 Å². The summed E-state index contributed by atoms with van der Waals surface area (Å²) in [6.45, 7) is 4.57. The Morgan fingerprint density at radius 3 is 2.66 bits per heavy atom. The normalized spacial score (nSPS) is 11.3. The van der Waals surface area contributed by atoms with Crippen molar-refractivity contribution in [2.45, 2.75) is 26.3 Å². The summed E-state index contributed by atoms with van der Waals surface area (Å²) in [6.07, 6.45) is 1.54. The molecular weight excluding hydrogens is 366 g/mol. The number of ether oxygens (including phenoxy) is 1. The van der Waals surface area contributed by atoms with E-state index in [-0.39, 0.29) is 11.8 Å². The van der Waals surface area contributed by atoms with Crippen LogP contribution in [0.3, 0.4) is 0 Å². The Bertz CT molecular complexity index is 1200. The third-order valence-electron chi connectivity index (χ3n) is 5.03. The summed E-state index contributed by atoms with van der Waals surface area (Å²) in [5, 5.41) is 7.08. The van der Waals surface area contributed by atoms with Crippen LogP contribution in [0.1, 0.15) is 41.4 Å². The fourth-order valence-electron chi connectivity index (χ4n) is 3.45. The highest BCUT2D eigenvalue weighted by atomic mass is 16.5. The van der Waals surface area contributed by atoms with Gasteiger partial charge >= 0.3 is 0 Å². The van der Waals surface area contributed by atoms with Crippen LogP contribution < -0.4 is 4.74 Å². The fourth-order valence-corrected chi connectivity index (χ4v) is 3.45. The number of hydrogen-bond acceptors (Lipinski definition) is 5. The molecule has 0 unspecified atom stereocenters. The lowest BCUT2D eigenvalue weighted by atomic mass is 10.1. The Labute approximate surface area is 169 Å². The van der Waals surface area contributed by atoms with Gasteiger partial charge in [0.2, 0.25) is 0 Å². The molecule has 0 radical (unpaired) electrons. The highest BCUT2D eigenvalue weighted by Crippen LogP contribution is 2.25. The van der Waals surface area contributed by atoms with Crippen molar-refractivity contribution in [2.24, 2.45) is 0 Å². The fraction of sp³-hybridized carbons (Fsp3) is 0.261. The topological polar surface area (TPSA) is 68.5 Å². The molecule has 29 heavy (non-hydrogen) atoms. The van der Waals surface area contributed by atoms with Crippen molar-refractivity contribution in [1.82, 2.24) is 15.0 Å². The quantitative estimate of drug-likeness (QED) is 0.491. The van der Waals surface area contributed by atoms with Crippen LogP contribution in [0.2, 0.25) is 0 Å². The van der Waals surface area contributed by atoms with Crippen LogP contribution in [0.5, 0.6) is 5.75 Å². The molecule has 6 heteroatoms. The molecule has 2 aromatic heterocycles. The van der Waals surface area contributed by atoms with Gasteiger partial charge in [-0.15, -0.1) is 0 Å². The first kappa shape index (κ1) is 18.9. The second-order valence-electron chi connectivity index (χ2n) is 7.51. The number of carbonyl (C=O) groups excluding carboxylic acids is 1. The molecule has 2 heterocycles. The number of amides is 1. The van der Waals surface area contributed by atoms with Crippen molar-refractivity contribution in [2.75, 3.05) is 14.2 Å². The van der Waals surface area contributed by atoms with Crippen LogP contribution in [-0.4, -0.2) is 35.1 Å². The number of aromatic nitrogens is 2. The minimum Gasteiger partial charge on any atom is -0.497 e. The van der Waals surface area contributed by atoms with Gasteiger partial charge in [0.15, 0.2) is 0 Å². The van der Waals surface area contributed by atoms with Crippen molar-refractivity contribution in [1.29, 1.82) is 0 Å². The van der Waals surface area contributed by atoms with E-state index in [1.165, 1.54) is 0 Å². The van der Waals surface area contributed by atoms with Crippen LogP contribution in [0, 0.1) is 0 Å². The van der Waals surface area contributed by atoms with E-state index in [4.69, 9.17) is 9.26 Å². The highest BCUT2D eigenvalue weighted by Gasteiger charge is 2.18. The zero-order valence-corrected chi connectivity index (χ0v) is 17.0. The van der Waals surface area contributed by atoms with Gasteiger partial charge in [0.05, 0.1) is 23.8 Å². The van der Waals surface area contributed by atoms with Gasteiger partial charge in [0.1, 0.15) is 5.75 Å². The summed E-state index contributed by atoms with van der Waals surface area (Å²) in [5.41, 5.74) is 2.85. The third-order valence-corrected chi connectivity index (χ3v) is 5.03. The first-order valence-electron chi connectivity index (χ1n) is 9.53. The van der Waals surface area contributed by atoms with E-state index in [0.717, 1.165) is 33.2 Å². The van der Waals surface area contributed by atoms with Gasteiger partial charge < -0.3 is 14.2 Å². The number of pyridine rings is 1. The molecule has 0 aliphatic rings. The minimum atomic E-state index is -0.0925. The molecule has 0 saturated heterocycles. The molecule has 0 bridgehead atoms. The maximum Gasteiger partial charge on any atom is 0.257 e. The molecular formula is C23H23N3O3. The van der Waals surface area contributed by atoms with Crippen molar-refractivity contribution < 1.29 is 14.1 Å². The number of rotatable bonds is 5. The maximum absolute atomic E-state index is 13.0. The highest BCUT2D eigenvalue weighted by molar-refractivity contribution is 5.97. The molecule has 0 aliphatic heterocycles. The van der Waals surface area contributed by atoms with Gasteiger partial charge in [-0.3, -0.25) is 4.79 Å². The largest absolute Gasteiger partial charge is 0.497 e. The Kier molecular flexibility index (Phi) is 4.92. The van der Waals surface area contributed by atoms with Crippen LogP contribution in [-0.2, 0) is 6.54 Å². The van der Waals surface area contributed by atoms with Crippen molar-refractivity contribution in [3.8, 4) is 5.75 Å². The summed E-state index contributed by atoms with van der Waals surface area (Å²) in [7, 11) is 3.45. The SMILES string of the molecule is COc1ccc2cc(CN(C)C(=O)c3cnc4onc(C(C)C)c4c3)ccc2c1. The second-order valence-corrected chi connectivity index (χ2v) is 7.51. The molecule has 0 spiro atoms. The molecule has 0 aliphatic carbocycles. The van der Waals surface area contributed by atoms with Crippen molar-refractivity contribution >= 4 is 27.8 Å². The molecule has 0 N–H and O–H groups in total. The summed E-state index contributed by atoms with van der Waals surface area (Å²) in [6, 6.07) is 14.0. The van der Waals surface area contributed by atoms with Crippen LogP contribution >= 0.6 is 0 Å². The van der Waals surface area contributed by atoms with E-state index in [1.54, 1.807) is 25.3 Å². The Hall–Kier alpha value is -3.41. The van der Waals surface area contributed by atoms with Crippen molar-refractivity contribution in [3.05, 3.63) is 65.5 Å². The van der Waals surface area contributed by atoms with Crippen molar-refractivity contribution in [3.63, 3.8) is 0 Å². The summed E-state index contributed by atoms with van der Waals surface area (Å²) in [5.74, 6) is 0.928. The lowest BCUT2D eigenvalue weighted by Gasteiger charge is -2.17. The first-order valence-corrected chi connectivity index (χ1v) is 9.53. The van der Waals surface area contributed by atoms with Gasteiger partial charge in [-0.25, -0.2) is 4.98 Å². The first-order chi connectivity index (χ1) is 14.0. The predicted molar refractivity (Wildman–Crippen MR) is 112 cm³/mol. The summed E-state index contributed by atoms with van der Waals surface area (Å²) in [4.78, 5) is 18.9. The maximum atomic E-state index is 13.0. The number of hydrogen-bond donors (Lipinski definition) is 0. The van der Waals surface area contributed by atoms with E-state index < -0.39 is 0 Å². The van der Waals surface area contributed by atoms with E-state index >= 15 is 0 Å². The van der Waals surface area contributed by atoms with Gasteiger partial charge in [-0.2, -0.15) is 0 Å². The molecule has 148 valence electrons. The molecule has 2 aromatic carbocycles. The average molecular weight is 389 g/mol. The summed E-state index contributed by atoms with van der Waals surface area (Å²) >= 11 is 0. The molecule has 0 saturated carbocycles. The second kappa shape index (κ2) is 7.54. The van der Waals surface area contributed by atoms with Gasteiger partial charge in [0.25, 0.3) is 11.6 Å². The van der Waals surface area contributed by atoms with Gasteiger partial charge in [-0.05, 0) is 46.5 Å². The standard InChI is InChI=1S/C23H23N3O3/c1-14(2)21-20-11-18(12-24-22(20)29-25-21)23(27)26(3)13-15-5-6-17-10-19(28-4)8-7-16(17)9-15/h5-12,14H,13H2,1-4H3. The van der Waals surface area contributed by atoms with E-state index in [9.17, 15) is 4.79 Å². The third kappa shape index (κ3) is 3.66. The number of benzene rings is 2. The number of carbonyl (C=O) groups is 1. The molecule has 4 rings (SSSR count). The van der Waals surface area contributed by atoms with E-state index in [0.29, 0.717) is 17.8 Å². The lowest BCUT2D eigenvalue weighted by molar-refractivity contribution is 0.0785. The Balaban J connectivity index is 1.57. The minimum absolute atomic E-state index is 0.0925. The predicted octanol–water partition coefficient (Wildman–Crippen LogP) is 4.78. The molecule has 4 aromatic rings. The van der Waals surface area contributed by atoms with E-state index in [1.807, 2.05) is 50.2 Å². The number of nitrogens with zero attached hydrogens (tertiary/aromatic N) is 3. The zero-order valence-electron chi connectivity index (χ0n) is 17.0. The van der Waals surface area contributed by atoms with Crippen LogP contribution in [0.25, 0.3) is 21.9 Å². The lowest BCUT2D eigenvalue weighted by Crippen LogP contribution is -2.26. The Morgan fingerprint density at radius 2 is 1.90 bits per heavy atom. The average Bonchev–Trinajstić information content (AvgIpc) is 3.16. The molecule has 0 atom stereocenters. The van der Waals surface area contributed by atoms with Gasteiger partial charge in [0, 0.05) is 19.8 Å². The summed E-state index contributed by atoms with van der Waals surface area (Å²) < 4.78 is 10.5. The number of fused-ring (bicyclic) bond motifs is 2. The molecule has 1 amide bonds. The smallest absolute Gasteiger partial charge is 0.257 e. The monoisotopic (exact) mass is 389 g/mol. The number of methoxy groups -OCH3 is 1. The molecule has 0 fully saturated rings.